The zero-order valence-corrected chi connectivity index (χ0v) is 11.1. The normalized spacial score (nSPS) is 12.9. The first-order valence-electron chi connectivity index (χ1n) is 6.69. The molecule has 6 heteroatoms. The molecule has 0 saturated carbocycles. The topological polar surface area (TPSA) is 109 Å². The Morgan fingerprint density at radius 3 is 2.85 bits per heavy atom. The number of nitrogens with one attached hydrogen (secondary N) is 2. The predicted molar refractivity (Wildman–Crippen MR) is 79.0 cm³/mol. The fraction of sp³-hybridized carbons (Fsp3) is 0.286. The molecule has 0 radical (unpaired) electrons. The fourth-order valence-electron chi connectivity index (χ4n) is 2.41. The quantitative estimate of drug-likeness (QED) is 0.558. The monoisotopic (exact) mass is 270 g/mol. The number of benzene rings is 1. The van der Waals surface area contributed by atoms with E-state index in [4.69, 9.17) is 11.5 Å². The molecule has 0 bridgehead atoms. The smallest absolute Gasteiger partial charge is 0.0682 e. The van der Waals surface area contributed by atoms with E-state index in [1.807, 2.05) is 24.5 Å². The maximum absolute atomic E-state index is 6.06. The molecule has 0 amide bonds. The largest absolute Gasteiger partial charge is 0.330 e. The van der Waals surface area contributed by atoms with Crippen molar-refractivity contribution in [2.75, 3.05) is 6.54 Å². The highest BCUT2D eigenvalue weighted by atomic mass is 15.1. The van der Waals surface area contributed by atoms with Crippen LogP contribution in [0.2, 0.25) is 0 Å². The van der Waals surface area contributed by atoms with Crippen LogP contribution in [0, 0.1) is 0 Å². The summed E-state index contributed by atoms with van der Waals surface area (Å²) in [7, 11) is 0. The van der Waals surface area contributed by atoms with Gasteiger partial charge in [-0.2, -0.15) is 10.2 Å². The summed E-state index contributed by atoms with van der Waals surface area (Å²) >= 11 is 0. The minimum Gasteiger partial charge on any atom is -0.330 e. The van der Waals surface area contributed by atoms with Crippen molar-refractivity contribution >= 4 is 10.9 Å². The van der Waals surface area contributed by atoms with Crippen LogP contribution < -0.4 is 11.5 Å². The van der Waals surface area contributed by atoms with E-state index in [-0.39, 0.29) is 6.04 Å². The third-order valence-corrected chi connectivity index (χ3v) is 3.47. The first-order valence-corrected chi connectivity index (χ1v) is 6.69. The third-order valence-electron chi connectivity index (χ3n) is 3.47. The van der Waals surface area contributed by atoms with Crippen molar-refractivity contribution < 1.29 is 0 Å². The van der Waals surface area contributed by atoms with Gasteiger partial charge in [-0.15, -0.1) is 0 Å². The zero-order valence-electron chi connectivity index (χ0n) is 11.1. The number of H-pyrrole nitrogens is 2. The molecule has 1 atom stereocenters. The molecule has 2 heterocycles. The van der Waals surface area contributed by atoms with Crippen LogP contribution in [0.5, 0.6) is 0 Å². The standard InChI is InChI=1S/C14H18N6/c15-4-3-12(16)6-11-8-18-20-14(11)9-1-2-13-10(5-9)7-17-19-13/h1-2,5,7-8,12H,3-4,6,15-16H2,(H,17,19)(H,18,20). The highest BCUT2D eigenvalue weighted by Crippen LogP contribution is 2.25. The average molecular weight is 270 g/mol. The van der Waals surface area contributed by atoms with Crippen molar-refractivity contribution in [2.24, 2.45) is 11.5 Å². The Bertz CT molecular complexity index is 698. The maximum atomic E-state index is 6.06. The van der Waals surface area contributed by atoms with E-state index in [0.29, 0.717) is 6.54 Å². The first-order chi connectivity index (χ1) is 9.78. The minimum atomic E-state index is 0.0639. The van der Waals surface area contributed by atoms with E-state index in [1.54, 1.807) is 0 Å². The molecule has 2 aromatic heterocycles. The molecule has 3 aromatic rings. The van der Waals surface area contributed by atoms with Gasteiger partial charge in [0.2, 0.25) is 0 Å². The Balaban J connectivity index is 1.91. The number of nitrogens with two attached hydrogens (primary N) is 2. The van der Waals surface area contributed by atoms with Crippen molar-refractivity contribution in [3.05, 3.63) is 36.2 Å². The Morgan fingerprint density at radius 1 is 1.15 bits per heavy atom. The Morgan fingerprint density at radius 2 is 2.00 bits per heavy atom. The summed E-state index contributed by atoms with van der Waals surface area (Å²) in [5.74, 6) is 0. The van der Waals surface area contributed by atoms with Gasteiger partial charge in [0, 0.05) is 17.0 Å². The van der Waals surface area contributed by atoms with Crippen LogP contribution >= 0.6 is 0 Å². The van der Waals surface area contributed by atoms with Gasteiger partial charge >= 0.3 is 0 Å². The van der Waals surface area contributed by atoms with Gasteiger partial charge in [0.05, 0.1) is 23.6 Å². The molecule has 0 aliphatic carbocycles. The van der Waals surface area contributed by atoms with Gasteiger partial charge in [0.25, 0.3) is 0 Å². The Hall–Kier alpha value is -2.18. The molecule has 6 nitrogen and oxygen atoms in total. The van der Waals surface area contributed by atoms with Crippen molar-refractivity contribution in [2.45, 2.75) is 18.9 Å². The van der Waals surface area contributed by atoms with Crippen LogP contribution in [0.3, 0.4) is 0 Å². The molecule has 0 aliphatic heterocycles. The summed E-state index contributed by atoms with van der Waals surface area (Å²) in [6.45, 7) is 0.606. The molecule has 1 unspecified atom stereocenters. The van der Waals surface area contributed by atoms with E-state index in [0.717, 1.165) is 40.6 Å². The molecule has 6 N–H and O–H groups in total. The summed E-state index contributed by atoms with van der Waals surface area (Å²) in [4.78, 5) is 0. The lowest BCUT2D eigenvalue weighted by molar-refractivity contribution is 0.619. The number of hydrogen-bond donors (Lipinski definition) is 4. The third kappa shape index (κ3) is 2.43. The number of aromatic nitrogens is 4. The number of aromatic amines is 2. The molecular formula is C14H18N6. The minimum absolute atomic E-state index is 0.0639. The number of rotatable bonds is 5. The molecule has 0 saturated heterocycles. The van der Waals surface area contributed by atoms with E-state index < -0.39 is 0 Å². The van der Waals surface area contributed by atoms with Crippen LogP contribution in [0.4, 0.5) is 0 Å². The first kappa shape index (κ1) is 12.8. The van der Waals surface area contributed by atoms with Crippen LogP contribution in [0.1, 0.15) is 12.0 Å². The van der Waals surface area contributed by atoms with Gasteiger partial charge in [-0.05, 0) is 37.1 Å². The lowest BCUT2D eigenvalue weighted by atomic mass is 10.0. The van der Waals surface area contributed by atoms with E-state index in [2.05, 4.69) is 26.5 Å². The number of nitrogens with zero attached hydrogens (tertiary/aromatic N) is 2. The second kappa shape index (κ2) is 5.44. The Kier molecular flexibility index (Phi) is 3.49. The Labute approximate surface area is 116 Å². The van der Waals surface area contributed by atoms with E-state index in [9.17, 15) is 0 Å². The van der Waals surface area contributed by atoms with Gasteiger partial charge in [0.15, 0.2) is 0 Å². The lowest BCUT2D eigenvalue weighted by Gasteiger charge is -2.10. The van der Waals surface area contributed by atoms with Crippen LogP contribution in [-0.4, -0.2) is 33.0 Å². The van der Waals surface area contributed by atoms with Crippen molar-refractivity contribution in [3.8, 4) is 11.3 Å². The highest BCUT2D eigenvalue weighted by Gasteiger charge is 2.12. The summed E-state index contributed by atoms with van der Waals surface area (Å²) in [5.41, 5.74) is 15.8. The maximum Gasteiger partial charge on any atom is 0.0682 e. The van der Waals surface area contributed by atoms with E-state index in [1.165, 1.54) is 0 Å². The van der Waals surface area contributed by atoms with Crippen LogP contribution in [-0.2, 0) is 6.42 Å². The van der Waals surface area contributed by atoms with Crippen LogP contribution in [0.25, 0.3) is 22.2 Å². The summed E-state index contributed by atoms with van der Waals surface area (Å²) in [5, 5.41) is 15.3. The van der Waals surface area contributed by atoms with Crippen molar-refractivity contribution in [1.82, 2.24) is 20.4 Å². The SMILES string of the molecule is NCCC(N)Cc1cn[nH]c1-c1ccc2[nH]ncc2c1. The van der Waals surface area contributed by atoms with Crippen LogP contribution in [0.15, 0.2) is 30.6 Å². The molecular weight excluding hydrogens is 252 g/mol. The molecule has 104 valence electrons. The van der Waals surface area contributed by atoms with Gasteiger partial charge in [-0.3, -0.25) is 10.2 Å². The fourth-order valence-corrected chi connectivity index (χ4v) is 2.41. The molecule has 20 heavy (non-hydrogen) atoms. The summed E-state index contributed by atoms with van der Waals surface area (Å²) in [6.07, 6.45) is 5.23. The molecule has 0 spiro atoms. The molecule has 1 aromatic carbocycles. The lowest BCUT2D eigenvalue weighted by Crippen LogP contribution is -2.26. The zero-order chi connectivity index (χ0) is 13.9. The van der Waals surface area contributed by atoms with Gasteiger partial charge in [0.1, 0.15) is 0 Å². The summed E-state index contributed by atoms with van der Waals surface area (Å²) < 4.78 is 0. The molecule has 3 rings (SSSR count). The van der Waals surface area contributed by atoms with Crippen molar-refractivity contribution in [1.29, 1.82) is 0 Å². The predicted octanol–water partition coefficient (Wildman–Crippen LogP) is 1.17. The van der Waals surface area contributed by atoms with Gasteiger partial charge in [-0.1, -0.05) is 6.07 Å². The molecule has 0 fully saturated rings. The second-order valence-corrected chi connectivity index (χ2v) is 4.98. The second-order valence-electron chi connectivity index (χ2n) is 4.98. The average Bonchev–Trinajstić information content (AvgIpc) is 3.06. The van der Waals surface area contributed by atoms with Gasteiger partial charge < -0.3 is 11.5 Å². The summed E-state index contributed by atoms with van der Waals surface area (Å²) in [6, 6.07) is 6.22. The van der Waals surface area contributed by atoms with E-state index >= 15 is 0 Å². The molecule has 0 aliphatic rings. The highest BCUT2D eigenvalue weighted by molar-refractivity contribution is 5.83. The number of fused-ring (bicyclic) bond motifs is 1. The number of hydrogen-bond acceptors (Lipinski definition) is 4. The van der Waals surface area contributed by atoms with Crippen molar-refractivity contribution in [3.63, 3.8) is 0 Å². The van der Waals surface area contributed by atoms with Gasteiger partial charge in [-0.25, -0.2) is 0 Å².